The van der Waals surface area contributed by atoms with E-state index >= 15 is 0 Å². The molecule has 0 unspecified atom stereocenters. The summed E-state index contributed by atoms with van der Waals surface area (Å²) in [6, 6.07) is 7.22. The van der Waals surface area contributed by atoms with Gasteiger partial charge in [-0.3, -0.25) is 14.4 Å². The van der Waals surface area contributed by atoms with Gasteiger partial charge in [0.15, 0.2) is 0 Å². The molecule has 1 aromatic carbocycles. The summed E-state index contributed by atoms with van der Waals surface area (Å²) in [5.41, 5.74) is 1.98. The minimum absolute atomic E-state index is 0.0225. The molecule has 1 saturated heterocycles. The van der Waals surface area contributed by atoms with Crippen molar-refractivity contribution in [1.29, 1.82) is 0 Å². The molecule has 2 aromatic rings. The number of ether oxygens (including phenoxy) is 1. The highest BCUT2D eigenvalue weighted by molar-refractivity contribution is 5.87. The quantitative estimate of drug-likeness (QED) is 0.275. The molecule has 36 heavy (non-hydrogen) atoms. The van der Waals surface area contributed by atoms with Crippen LogP contribution in [0, 0.1) is 5.92 Å². The van der Waals surface area contributed by atoms with Crippen molar-refractivity contribution in [2.75, 3.05) is 19.8 Å². The number of esters is 1. The zero-order chi connectivity index (χ0) is 25.9. The fraction of sp³-hybridized carbons (Fsp3) is 0.464. The molecule has 1 aromatic heterocycles. The maximum Gasteiger partial charge on any atom is 0.306 e. The number of nitrogens with zero attached hydrogens (tertiary/aromatic N) is 1. The Morgan fingerprint density at radius 1 is 1.25 bits per heavy atom. The lowest BCUT2D eigenvalue weighted by Gasteiger charge is -2.26. The topological polar surface area (TPSA) is 112 Å². The van der Waals surface area contributed by atoms with Gasteiger partial charge in [0.25, 0.3) is 0 Å². The number of amides is 2. The number of para-hydroxylation sites is 1. The molecule has 194 valence electrons. The molecule has 0 bridgehead atoms. The molecule has 1 aliphatic heterocycles. The largest absolute Gasteiger partial charge is 0.463 e. The summed E-state index contributed by atoms with van der Waals surface area (Å²) in [7, 11) is 0. The summed E-state index contributed by atoms with van der Waals surface area (Å²) < 4.78 is 5.46. The van der Waals surface area contributed by atoms with E-state index in [0.29, 0.717) is 25.8 Å². The monoisotopic (exact) mass is 495 g/mol. The van der Waals surface area contributed by atoms with Crippen molar-refractivity contribution in [3.8, 4) is 0 Å². The molecule has 3 atom stereocenters. The second kappa shape index (κ2) is 13.6. The van der Waals surface area contributed by atoms with Crippen molar-refractivity contribution in [1.82, 2.24) is 15.2 Å². The van der Waals surface area contributed by atoms with Crippen LogP contribution < -0.4 is 5.32 Å². The Balaban J connectivity index is 1.71. The molecule has 3 rings (SSSR count). The number of nitrogens with one attached hydrogen (secondary N) is 2. The number of aliphatic hydroxyl groups is 1. The number of carbonyl (C=O) groups excluding carboxylic acids is 3. The maximum atomic E-state index is 13.3. The zero-order valence-corrected chi connectivity index (χ0v) is 20.8. The van der Waals surface area contributed by atoms with Gasteiger partial charge in [-0.1, -0.05) is 30.4 Å². The molecule has 3 N–H and O–H groups in total. The lowest BCUT2D eigenvalue weighted by Crippen LogP contribution is -2.45. The number of carbonyl (C=O) groups is 3. The number of benzene rings is 1. The van der Waals surface area contributed by atoms with Gasteiger partial charge in [-0.2, -0.15) is 0 Å². The van der Waals surface area contributed by atoms with E-state index in [9.17, 15) is 19.5 Å². The van der Waals surface area contributed by atoms with Crippen LogP contribution in [0.5, 0.6) is 0 Å². The Morgan fingerprint density at radius 2 is 2.06 bits per heavy atom. The van der Waals surface area contributed by atoms with E-state index < -0.39 is 12.0 Å². The van der Waals surface area contributed by atoms with Crippen LogP contribution in [-0.2, 0) is 25.5 Å². The molecular formula is C28H37N3O5. The van der Waals surface area contributed by atoms with Crippen LogP contribution in [-0.4, -0.2) is 64.6 Å². The summed E-state index contributed by atoms with van der Waals surface area (Å²) in [6.07, 6.45) is 8.39. The van der Waals surface area contributed by atoms with Crippen molar-refractivity contribution in [2.45, 2.75) is 57.0 Å². The molecule has 2 heterocycles. The standard InChI is InChI=1S/C28H37N3O5/c1-3-5-13-27(34)36-19-22(15-21-17-29-25-12-7-6-11-24(21)25)30-28(35)20(9-4-2)16-26(33)31-14-8-10-23(31)18-32/h3-4,6-7,11-12,17,20,22-23,29,32H,1-2,5,8-10,13-16,18-19H2,(H,30,35)/t20-,22-,23-/m0/s1. The highest BCUT2D eigenvalue weighted by Crippen LogP contribution is 2.22. The molecule has 8 nitrogen and oxygen atoms in total. The van der Waals surface area contributed by atoms with Gasteiger partial charge in [0.1, 0.15) is 6.61 Å². The Bertz CT molecular complexity index is 1060. The van der Waals surface area contributed by atoms with Gasteiger partial charge in [0, 0.05) is 36.5 Å². The predicted octanol–water partition coefficient (Wildman–Crippen LogP) is 3.27. The van der Waals surface area contributed by atoms with E-state index in [1.54, 1.807) is 17.1 Å². The van der Waals surface area contributed by atoms with E-state index in [0.717, 1.165) is 29.3 Å². The third kappa shape index (κ3) is 7.31. The second-order valence-electron chi connectivity index (χ2n) is 9.27. The zero-order valence-electron chi connectivity index (χ0n) is 20.8. The van der Waals surface area contributed by atoms with Gasteiger partial charge in [-0.05, 0) is 43.7 Å². The van der Waals surface area contributed by atoms with Crippen LogP contribution in [0.2, 0.25) is 0 Å². The van der Waals surface area contributed by atoms with E-state index in [1.807, 2.05) is 30.5 Å². The average Bonchev–Trinajstić information content (AvgIpc) is 3.53. The average molecular weight is 496 g/mol. The summed E-state index contributed by atoms with van der Waals surface area (Å²) in [6.45, 7) is 7.92. The third-order valence-electron chi connectivity index (χ3n) is 6.64. The Kier molecular flexibility index (Phi) is 10.3. The summed E-state index contributed by atoms with van der Waals surface area (Å²) in [4.78, 5) is 43.3. The minimum Gasteiger partial charge on any atom is -0.463 e. The lowest BCUT2D eigenvalue weighted by atomic mass is 9.97. The van der Waals surface area contributed by atoms with Crippen LogP contribution in [0.4, 0.5) is 0 Å². The first kappa shape index (κ1) is 27.2. The Morgan fingerprint density at radius 3 is 2.81 bits per heavy atom. The summed E-state index contributed by atoms with van der Waals surface area (Å²) in [5.74, 6) is -1.38. The third-order valence-corrected chi connectivity index (χ3v) is 6.64. The van der Waals surface area contributed by atoms with Crippen molar-refractivity contribution in [3.05, 3.63) is 61.3 Å². The fourth-order valence-electron chi connectivity index (χ4n) is 4.69. The molecule has 1 fully saturated rings. The molecule has 1 aliphatic rings. The Hall–Kier alpha value is -3.39. The number of hydrogen-bond acceptors (Lipinski definition) is 5. The highest BCUT2D eigenvalue weighted by Gasteiger charge is 2.31. The number of fused-ring (bicyclic) bond motifs is 1. The van der Waals surface area contributed by atoms with Crippen LogP contribution >= 0.6 is 0 Å². The number of rotatable bonds is 14. The van der Waals surface area contributed by atoms with E-state index in [2.05, 4.69) is 23.5 Å². The van der Waals surface area contributed by atoms with Crippen molar-refractivity contribution >= 4 is 28.7 Å². The molecule has 0 aliphatic carbocycles. The maximum absolute atomic E-state index is 13.3. The van der Waals surface area contributed by atoms with Gasteiger partial charge in [-0.15, -0.1) is 13.2 Å². The van der Waals surface area contributed by atoms with E-state index in [-0.39, 0.29) is 49.9 Å². The smallest absolute Gasteiger partial charge is 0.306 e. The SMILES string of the molecule is C=CCCC(=O)OC[C@H](Cc1c[nH]c2ccccc12)NC(=O)[C@@H](CC=C)CC(=O)N1CCC[C@H]1CO. The first-order valence-electron chi connectivity index (χ1n) is 12.6. The summed E-state index contributed by atoms with van der Waals surface area (Å²) >= 11 is 0. The predicted molar refractivity (Wildman–Crippen MR) is 139 cm³/mol. The second-order valence-corrected chi connectivity index (χ2v) is 9.27. The first-order valence-corrected chi connectivity index (χ1v) is 12.6. The first-order chi connectivity index (χ1) is 17.5. The number of H-pyrrole nitrogens is 1. The number of likely N-dealkylation sites (tertiary alicyclic amines) is 1. The van der Waals surface area contributed by atoms with Crippen molar-refractivity contribution < 1.29 is 24.2 Å². The molecule has 8 heteroatoms. The highest BCUT2D eigenvalue weighted by atomic mass is 16.5. The van der Waals surface area contributed by atoms with Crippen molar-refractivity contribution in [2.24, 2.45) is 5.92 Å². The number of aromatic nitrogens is 1. The van der Waals surface area contributed by atoms with Gasteiger partial charge < -0.3 is 25.0 Å². The van der Waals surface area contributed by atoms with Gasteiger partial charge >= 0.3 is 5.97 Å². The molecular weight excluding hydrogens is 458 g/mol. The lowest BCUT2D eigenvalue weighted by molar-refractivity contribution is -0.145. The minimum atomic E-state index is -0.600. The Labute approximate surface area is 212 Å². The van der Waals surface area contributed by atoms with Gasteiger partial charge in [-0.25, -0.2) is 0 Å². The van der Waals surface area contributed by atoms with E-state index in [4.69, 9.17) is 4.74 Å². The van der Waals surface area contributed by atoms with Crippen LogP contribution in [0.1, 0.15) is 44.1 Å². The molecule has 2 amide bonds. The fourth-order valence-corrected chi connectivity index (χ4v) is 4.69. The number of allylic oxidation sites excluding steroid dienone is 2. The van der Waals surface area contributed by atoms with Crippen LogP contribution in [0.15, 0.2) is 55.8 Å². The number of aliphatic hydroxyl groups excluding tert-OH is 1. The van der Waals surface area contributed by atoms with E-state index in [1.165, 1.54) is 0 Å². The number of aromatic amines is 1. The van der Waals surface area contributed by atoms with Crippen molar-refractivity contribution in [3.63, 3.8) is 0 Å². The van der Waals surface area contributed by atoms with Gasteiger partial charge in [0.05, 0.1) is 24.6 Å². The molecule has 0 saturated carbocycles. The number of hydrogen-bond donors (Lipinski definition) is 3. The summed E-state index contributed by atoms with van der Waals surface area (Å²) in [5, 5.41) is 13.6. The van der Waals surface area contributed by atoms with Gasteiger partial charge in [0.2, 0.25) is 11.8 Å². The molecule has 0 radical (unpaired) electrons. The van der Waals surface area contributed by atoms with Crippen LogP contribution in [0.3, 0.4) is 0 Å². The van der Waals surface area contributed by atoms with Crippen LogP contribution in [0.25, 0.3) is 10.9 Å². The molecule has 0 spiro atoms. The normalized spacial score (nSPS) is 16.9.